The van der Waals surface area contributed by atoms with E-state index in [1.807, 2.05) is 85.8 Å². The monoisotopic (exact) mass is 1280 g/mol. The highest BCUT2D eigenvalue weighted by molar-refractivity contribution is 6.30. The summed E-state index contributed by atoms with van der Waals surface area (Å²) in [7, 11) is 0. The maximum absolute atomic E-state index is 13.5. The molecular formula is C82H86ClN9O3. The Morgan fingerprint density at radius 3 is 1.17 bits per heavy atom. The molecular weight excluding hydrogens is 1190 g/mol. The molecule has 0 saturated carbocycles. The van der Waals surface area contributed by atoms with E-state index in [0.29, 0.717) is 27.5 Å². The van der Waals surface area contributed by atoms with Crippen LogP contribution < -0.4 is 24.9 Å². The van der Waals surface area contributed by atoms with Crippen molar-refractivity contribution in [1.29, 1.82) is 0 Å². The second-order valence-electron chi connectivity index (χ2n) is 23.4. The Morgan fingerprint density at radius 1 is 0.400 bits per heavy atom. The SMILES string of the molecule is CCN(CC)c1ccc(C(c2ccc(N=Nc3c(O)c(C(=O)Nc4ccc(Cl)cc4C)cc4ccccc34)cc2)c2ccc(N(CC)CC)cc2)cc1.CCN(CC)c1ccc(C(c2ccc(N=Nc3ccc4ccccc4c3O)cc2)c2ccc(N(CC)CC)cc2)cc1. The van der Waals surface area contributed by atoms with Crippen molar-refractivity contribution in [3.8, 4) is 11.5 Å². The van der Waals surface area contributed by atoms with Crippen LogP contribution >= 0.6 is 11.6 Å². The third-order valence-corrected chi connectivity index (χ3v) is 18.2. The number of phenolic OH excluding ortho intramolecular Hbond substituents is 2. The Labute approximate surface area is 565 Å². The normalized spacial score (nSPS) is 11.4. The molecule has 0 aliphatic rings. The lowest BCUT2D eigenvalue weighted by Gasteiger charge is -2.25. The molecule has 0 aliphatic heterocycles. The van der Waals surface area contributed by atoms with E-state index >= 15 is 0 Å². The molecule has 3 N–H and O–H groups in total. The van der Waals surface area contributed by atoms with Crippen LogP contribution in [-0.2, 0) is 0 Å². The van der Waals surface area contributed by atoms with E-state index in [9.17, 15) is 15.0 Å². The predicted molar refractivity (Wildman–Crippen MR) is 399 cm³/mol. The molecule has 11 aromatic carbocycles. The van der Waals surface area contributed by atoms with Crippen LogP contribution in [0.4, 0.5) is 51.2 Å². The quantitative estimate of drug-likeness (QED) is 0.0405. The van der Waals surface area contributed by atoms with Crippen LogP contribution in [0.15, 0.2) is 251 Å². The van der Waals surface area contributed by atoms with Gasteiger partial charge in [-0.05, 0) is 215 Å². The van der Waals surface area contributed by atoms with E-state index < -0.39 is 5.91 Å². The average Bonchev–Trinajstić information content (AvgIpc) is 0.935. The number of rotatable bonds is 24. The van der Waals surface area contributed by atoms with Crippen LogP contribution in [0.3, 0.4) is 0 Å². The van der Waals surface area contributed by atoms with E-state index in [-0.39, 0.29) is 34.6 Å². The highest BCUT2D eigenvalue weighted by Gasteiger charge is 2.23. The molecule has 0 unspecified atom stereocenters. The molecule has 484 valence electrons. The molecule has 0 aliphatic carbocycles. The molecule has 0 atom stereocenters. The minimum absolute atomic E-state index is 0.00459. The lowest BCUT2D eigenvalue weighted by molar-refractivity contribution is 0.102. The van der Waals surface area contributed by atoms with Crippen LogP contribution in [0.25, 0.3) is 21.5 Å². The van der Waals surface area contributed by atoms with Gasteiger partial charge < -0.3 is 35.1 Å². The molecule has 0 aromatic heterocycles. The summed E-state index contributed by atoms with van der Waals surface area (Å²) in [5.41, 5.74) is 15.7. The molecule has 11 rings (SSSR count). The van der Waals surface area contributed by atoms with Gasteiger partial charge in [0.15, 0.2) is 11.5 Å². The molecule has 0 radical (unpaired) electrons. The minimum Gasteiger partial charge on any atom is -0.505 e. The number of amides is 1. The number of azo groups is 2. The summed E-state index contributed by atoms with van der Waals surface area (Å²) in [6, 6.07) is 77.9. The number of nitrogens with one attached hydrogen (secondary N) is 1. The number of benzene rings is 11. The Balaban J connectivity index is 0.000000213. The Hall–Kier alpha value is -10.3. The highest BCUT2D eigenvalue weighted by atomic mass is 35.5. The fourth-order valence-corrected chi connectivity index (χ4v) is 12.8. The summed E-state index contributed by atoms with van der Waals surface area (Å²) >= 11 is 6.12. The van der Waals surface area contributed by atoms with Gasteiger partial charge in [-0.15, -0.1) is 10.2 Å². The smallest absolute Gasteiger partial charge is 0.259 e. The van der Waals surface area contributed by atoms with Crippen molar-refractivity contribution in [3.63, 3.8) is 0 Å². The number of carbonyl (C=O) groups is 1. The minimum atomic E-state index is -0.458. The molecule has 95 heavy (non-hydrogen) atoms. The predicted octanol–water partition coefficient (Wildman–Crippen LogP) is 21.9. The zero-order valence-corrected chi connectivity index (χ0v) is 56.8. The van der Waals surface area contributed by atoms with Crippen LogP contribution in [0.5, 0.6) is 11.5 Å². The van der Waals surface area contributed by atoms with Gasteiger partial charge in [-0.1, -0.05) is 139 Å². The number of anilines is 5. The fourth-order valence-electron chi connectivity index (χ4n) is 12.6. The van der Waals surface area contributed by atoms with Gasteiger partial charge in [0.25, 0.3) is 5.91 Å². The van der Waals surface area contributed by atoms with E-state index in [1.165, 1.54) is 50.6 Å². The topological polar surface area (TPSA) is 132 Å². The third kappa shape index (κ3) is 15.9. The molecule has 1 amide bonds. The molecule has 11 aromatic rings. The van der Waals surface area contributed by atoms with Gasteiger partial charge in [-0.2, -0.15) is 10.2 Å². The molecule has 0 fully saturated rings. The van der Waals surface area contributed by atoms with Crippen LogP contribution in [0.2, 0.25) is 5.02 Å². The van der Waals surface area contributed by atoms with Crippen LogP contribution in [0, 0.1) is 6.92 Å². The van der Waals surface area contributed by atoms with E-state index in [0.717, 1.165) is 85.3 Å². The summed E-state index contributed by atoms with van der Waals surface area (Å²) in [4.78, 5) is 22.9. The second kappa shape index (κ2) is 32.0. The molecule has 13 heteroatoms. The number of carbonyl (C=O) groups excluding carboxylic acids is 1. The first-order valence-corrected chi connectivity index (χ1v) is 33.6. The number of phenols is 2. The number of hydrogen-bond acceptors (Lipinski definition) is 11. The van der Waals surface area contributed by atoms with Crippen molar-refractivity contribution in [2.24, 2.45) is 20.5 Å². The van der Waals surface area contributed by atoms with Crippen molar-refractivity contribution in [3.05, 3.63) is 280 Å². The maximum Gasteiger partial charge on any atom is 0.259 e. The Kier molecular flexibility index (Phi) is 22.8. The lowest BCUT2D eigenvalue weighted by Crippen LogP contribution is -2.21. The molecule has 0 saturated heterocycles. The fraction of sp³-hybridized carbons (Fsp3) is 0.232. The van der Waals surface area contributed by atoms with Gasteiger partial charge in [0, 0.05) is 108 Å². The Morgan fingerprint density at radius 2 is 0.768 bits per heavy atom. The summed E-state index contributed by atoms with van der Waals surface area (Å²) in [5.74, 6) is -0.466. The summed E-state index contributed by atoms with van der Waals surface area (Å²) in [5, 5.41) is 46.7. The number of aromatic hydroxyl groups is 2. The van der Waals surface area contributed by atoms with Crippen molar-refractivity contribution in [1.82, 2.24) is 0 Å². The second-order valence-corrected chi connectivity index (χ2v) is 23.9. The van der Waals surface area contributed by atoms with Crippen LogP contribution in [-0.4, -0.2) is 68.5 Å². The van der Waals surface area contributed by atoms with Crippen molar-refractivity contribution < 1.29 is 15.0 Å². The standard InChI is InChI=1S/C45H46ClN5O2.C37H40N4O/c1-6-50(7-2)37-23-16-32(17-24-37)42(33-18-25-38(26-19-33)51(8-3)9-4)31-14-21-36(22-15-31)48-49-43-39-13-11-10-12-34(39)29-40(44(43)52)45(53)47-41-27-20-35(46)28-30(41)5;1-5-40(6-2)32-22-15-29(16-23-32)36(30-17-24-33(25-18-30)41(7-3)8-4)28-13-20-31(21-14-28)38-39-35-26-19-27-11-9-10-12-34(27)37(35)42/h10-29,42,52H,6-9H2,1-5H3,(H,47,53);9-26,36,42H,5-8H2,1-4H3. The third-order valence-electron chi connectivity index (χ3n) is 18.0. The highest BCUT2D eigenvalue weighted by Crippen LogP contribution is 2.42. The van der Waals surface area contributed by atoms with Crippen molar-refractivity contribution >= 4 is 90.2 Å². The summed E-state index contributed by atoms with van der Waals surface area (Å²) in [6.45, 7) is 27.1. The molecule has 0 heterocycles. The van der Waals surface area contributed by atoms with Gasteiger partial charge in [0.2, 0.25) is 0 Å². The van der Waals surface area contributed by atoms with Gasteiger partial charge in [0.1, 0.15) is 11.4 Å². The number of hydrogen-bond donors (Lipinski definition) is 3. The summed E-state index contributed by atoms with van der Waals surface area (Å²) in [6.07, 6.45) is 0. The lowest BCUT2D eigenvalue weighted by atomic mass is 9.85. The van der Waals surface area contributed by atoms with Gasteiger partial charge in [-0.3, -0.25) is 4.79 Å². The number of fused-ring (bicyclic) bond motifs is 2. The number of nitrogens with zero attached hydrogens (tertiary/aromatic N) is 8. The van der Waals surface area contributed by atoms with Gasteiger partial charge in [0.05, 0.1) is 16.9 Å². The van der Waals surface area contributed by atoms with E-state index in [4.69, 9.17) is 11.6 Å². The number of halogens is 1. The summed E-state index contributed by atoms with van der Waals surface area (Å²) < 4.78 is 0. The molecule has 0 spiro atoms. The van der Waals surface area contributed by atoms with Crippen molar-refractivity contribution in [2.45, 2.75) is 74.1 Å². The first kappa shape index (κ1) is 67.6. The zero-order chi connectivity index (χ0) is 67.0. The Bertz CT molecular complexity index is 4280. The van der Waals surface area contributed by atoms with Crippen molar-refractivity contribution in [2.75, 3.05) is 77.3 Å². The molecule has 0 bridgehead atoms. The van der Waals surface area contributed by atoms with E-state index in [2.05, 4.69) is 222 Å². The average molecular weight is 1280 g/mol. The van der Waals surface area contributed by atoms with Crippen LogP contribution in [0.1, 0.15) is 117 Å². The zero-order valence-electron chi connectivity index (χ0n) is 56.0. The van der Waals surface area contributed by atoms with E-state index in [1.54, 1.807) is 30.3 Å². The first-order valence-electron chi connectivity index (χ1n) is 33.3. The molecule has 12 nitrogen and oxygen atoms in total. The number of aryl methyl sites for hydroxylation is 1. The first-order chi connectivity index (χ1) is 46.3. The largest absolute Gasteiger partial charge is 0.505 e. The van der Waals surface area contributed by atoms with Gasteiger partial charge in [-0.25, -0.2) is 0 Å². The maximum atomic E-state index is 13.5. The van der Waals surface area contributed by atoms with Gasteiger partial charge >= 0.3 is 0 Å².